The highest BCUT2D eigenvalue weighted by Gasteiger charge is 2.12. The summed E-state index contributed by atoms with van der Waals surface area (Å²) in [5.74, 6) is 0.128. The van der Waals surface area contributed by atoms with Gasteiger partial charge in [0.05, 0.1) is 0 Å². The molecule has 1 aromatic rings. The molecule has 1 N–H and O–H groups in total. The van der Waals surface area contributed by atoms with Crippen molar-refractivity contribution >= 4 is 17.3 Å². The largest absolute Gasteiger partial charge is 0.372 e. The zero-order valence-electron chi connectivity index (χ0n) is 14.8. The molecule has 0 aromatic heterocycles. The maximum atomic E-state index is 12.1. The van der Waals surface area contributed by atoms with Gasteiger partial charge in [-0.25, -0.2) is 0 Å². The highest BCUT2D eigenvalue weighted by molar-refractivity contribution is 5.91. The third-order valence-corrected chi connectivity index (χ3v) is 5.23. The molecule has 132 valence electrons. The first-order chi connectivity index (χ1) is 11.8. The molecule has 2 heterocycles. The Morgan fingerprint density at radius 1 is 0.833 bits per heavy atom. The molecule has 4 heteroatoms. The molecule has 0 bridgehead atoms. The predicted octanol–water partition coefficient (Wildman–Crippen LogP) is 3.88. The lowest BCUT2D eigenvalue weighted by Gasteiger charge is -2.26. The Labute approximate surface area is 146 Å². The third-order valence-electron chi connectivity index (χ3n) is 5.23. The smallest absolute Gasteiger partial charge is 0.225 e. The maximum Gasteiger partial charge on any atom is 0.225 e. The van der Waals surface area contributed by atoms with Gasteiger partial charge in [-0.05, 0) is 63.0 Å². The number of hydrogen-bond donors (Lipinski definition) is 1. The lowest BCUT2D eigenvalue weighted by molar-refractivity contribution is -0.116. The van der Waals surface area contributed by atoms with Gasteiger partial charge < -0.3 is 15.1 Å². The van der Waals surface area contributed by atoms with E-state index in [2.05, 4.69) is 27.2 Å². The highest BCUT2D eigenvalue weighted by Crippen LogP contribution is 2.21. The van der Waals surface area contributed by atoms with E-state index < -0.39 is 0 Å². The van der Waals surface area contributed by atoms with E-state index in [0.717, 1.165) is 38.4 Å². The van der Waals surface area contributed by atoms with Gasteiger partial charge in [-0.1, -0.05) is 19.3 Å². The Morgan fingerprint density at radius 2 is 1.42 bits per heavy atom. The maximum absolute atomic E-state index is 12.1. The summed E-state index contributed by atoms with van der Waals surface area (Å²) in [6, 6.07) is 8.37. The molecule has 4 nitrogen and oxygen atoms in total. The van der Waals surface area contributed by atoms with Gasteiger partial charge in [0.2, 0.25) is 5.91 Å². The first-order valence-electron chi connectivity index (χ1n) is 9.68. The number of benzene rings is 1. The molecule has 0 unspecified atom stereocenters. The van der Waals surface area contributed by atoms with Crippen LogP contribution in [0.25, 0.3) is 0 Å². The van der Waals surface area contributed by atoms with E-state index in [1.807, 2.05) is 12.1 Å². The normalized spacial score (nSPS) is 19.8. The van der Waals surface area contributed by atoms with Crippen LogP contribution in [0.15, 0.2) is 24.3 Å². The third kappa shape index (κ3) is 5.23. The fourth-order valence-corrected chi connectivity index (χ4v) is 3.75. The van der Waals surface area contributed by atoms with E-state index in [-0.39, 0.29) is 5.91 Å². The molecule has 1 amide bonds. The van der Waals surface area contributed by atoms with Gasteiger partial charge in [-0.2, -0.15) is 0 Å². The van der Waals surface area contributed by atoms with Gasteiger partial charge in [-0.3, -0.25) is 4.79 Å². The lowest BCUT2D eigenvalue weighted by Crippen LogP contribution is -2.32. The summed E-state index contributed by atoms with van der Waals surface area (Å²) in [5.41, 5.74) is 2.19. The number of piperidine rings is 1. The molecular formula is C20H31N3O. The number of nitrogens with one attached hydrogen (secondary N) is 1. The highest BCUT2D eigenvalue weighted by atomic mass is 16.1. The van der Waals surface area contributed by atoms with Gasteiger partial charge in [0.15, 0.2) is 0 Å². The Morgan fingerprint density at radius 3 is 2.08 bits per heavy atom. The van der Waals surface area contributed by atoms with Crippen molar-refractivity contribution in [2.75, 3.05) is 42.9 Å². The van der Waals surface area contributed by atoms with Crippen LogP contribution in [0.4, 0.5) is 11.4 Å². The van der Waals surface area contributed by atoms with E-state index in [1.165, 1.54) is 50.6 Å². The average Bonchev–Trinajstić information content (AvgIpc) is 2.91. The van der Waals surface area contributed by atoms with E-state index in [1.54, 1.807) is 0 Å². The van der Waals surface area contributed by atoms with Crippen LogP contribution < -0.4 is 10.2 Å². The molecule has 0 aliphatic carbocycles. The number of amides is 1. The summed E-state index contributed by atoms with van der Waals surface area (Å²) in [7, 11) is 0. The minimum Gasteiger partial charge on any atom is -0.372 e. The van der Waals surface area contributed by atoms with Crippen molar-refractivity contribution in [2.45, 2.75) is 51.4 Å². The molecule has 2 aliphatic rings. The number of hydrogen-bond acceptors (Lipinski definition) is 3. The zero-order valence-corrected chi connectivity index (χ0v) is 14.8. The summed E-state index contributed by atoms with van der Waals surface area (Å²) >= 11 is 0. The first kappa shape index (κ1) is 17.3. The van der Waals surface area contributed by atoms with Gasteiger partial charge in [0, 0.05) is 37.4 Å². The second-order valence-electron chi connectivity index (χ2n) is 7.15. The van der Waals surface area contributed by atoms with Crippen molar-refractivity contribution in [1.82, 2.24) is 4.90 Å². The van der Waals surface area contributed by atoms with Gasteiger partial charge in [-0.15, -0.1) is 0 Å². The van der Waals surface area contributed by atoms with Gasteiger partial charge >= 0.3 is 0 Å². The molecule has 2 fully saturated rings. The number of likely N-dealkylation sites (tertiary alicyclic amines) is 1. The molecular weight excluding hydrogens is 298 g/mol. The Balaban J connectivity index is 1.45. The van der Waals surface area contributed by atoms with Crippen LogP contribution in [0.5, 0.6) is 0 Å². The first-order valence-corrected chi connectivity index (χ1v) is 9.68. The van der Waals surface area contributed by atoms with Crippen LogP contribution >= 0.6 is 0 Å². The zero-order chi connectivity index (χ0) is 16.6. The standard InChI is InChI=1S/C20H31N3O/c24-20(12-17-22-13-4-3-5-14-22)21-18-8-10-19(11-9-18)23-15-6-1-2-7-16-23/h8-11H,1-7,12-17H2,(H,21,24). The van der Waals surface area contributed by atoms with Crippen LogP contribution in [0.3, 0.4) is 0 Å². The molecule has 2 saturated heterocycles. The Kier molecular flexibility index (Phi) is 6.53. The van der Waals surface area contributed by atoms with Crippen molar-refractivity contribution in [3.05, 3.63) is 24.3 Å². The molecule has 3 rings (SSSR count). The second kappa shape index (κ2) is 9.07. The van der Waals surface area contributed by atoms with E-state index >= 15 is 0 Å². The molecule has 1 aromatic carbocycles. The van der Waals surface area contributed by atoms with Crippen molar-refractivity contribution in [3.63, 3.8) is 0 Å². The number of nitrogens with zero attached hydrogens (tertiary/aromatic N) is 2. The van der Waals surface area contributed by atoms with Crippen molar-refractivity contribution in [2.24, 2.45) is 0 Å². The number of carbonyl (C=O) groups excluding carboxylic acids is 1. The van der Waals surface area contributed by atoms with Crippen molar-refractivity contribution in [1.29, 1.82) is 0 Å². The summed E-state index contributed by atoms with van der Waals surface area (Å²) in [5, 5.41) is 3.04. The Bertz CT molecular complexity index is 500. The van der Waals surface area contributed by atoms with Crippen molar-refractivity contribution < 1.29 is 4.79 Å². The quantitative estimate of drug-likeness (QED) is 0.890. The summed E-state index contributed by atoms with van der Waals surface area (Å²) < 4.78 is 0. The Hall–Kier alpha value is -1.55. The van der Waals surface area contributed by atoms with Crippen LogP contribution in [-0.2, 0) is 4.79 Å². The topological polar surface area (TPSA) is 35.6 Å². The van der Waals surface area contributed by atoms with Crippen LogP contribution in [0.1, 0.15) is 51.4 Å². The SMILES string of the molecule is O=C(CCN1CCCCC1)Nc1ccc(N2CCCCCC2)cc1. The van der Waals surface area contributed by atoms with Gasteiger partial charge in [0.1, 0.15) is 0 Å². The monoisotopic (exact) mass is 329 g/mol. The second-order valence-corrected chi connectivity index (χ2v) is 7.15. The van der Waals surface area contributed by atoms with Gasteiger partial charge in [0.25, 0.3) is 0 Å². The average molecular weight is 329 g/mol. The molecule has 0 radical (unpaired) electrons. The van der Waals surface area contributed by atoms with Crippen LogP contribution in [0.2, 0.25) is 0 Å². The number of carbonyl (C=O) groups is 1. The summed E-state index contributed by atoms with van der Waals surface area (Å²) in [4.78, 5) is 17.0. The fraction of sp³-hybridized carbons (Fsp3) is 0.650. The lowest BCUT2D eigenvalue weighted by atomic mass is 10.1. The summed E-state index contributed by atoms with van der Waals surface area (Å²) in [6.07, 6.45) is 9.76. The number of anilines is 2. The molecule has 2 aliphatic heterocycles. The predicted molar refractivity (Wildman–Crippen MR) is 101 cm³/mol. The summed E-state index contributed by atoms with van der Waals surface area (Å²) in [6.45, 7) is 5.50. The fourth-order valence-electron chi connectivity index (χ4n) is 3.75. The molecule has 24 heavy (non-hydrogen) atoms. The van der Waals surface area contributed by atoms with E-state index in [4.69, 9.17) is 0 Å². The molecule has 0 atom stereocenters. The molecule has 0 saturated carbocycles. The van der Waals surface area contributed by atoms with Crippen LogP contribution in [-0.4, -0.2) is 43.5 Å². The van der Waals surface area contributed by atoms with E-state index in [0.29, 0.717) is 6.42 Å². The minimum atomic E-state index is 0.128. The minimum absolute atomic E-state index is 0.128. The van der Waals surface area contributed by atoms with E-state index in [9.17, 15) is 4.79 Å². The molecule has 0 spiro atoms. The van der Waals surface area contributed by atoms with Crippen LogP contribution in [0, 0.1) is 0 Å². The van der Waals surface area contributed by atoms with Crippen molar-refractivity contribution in [3.8, 4) is 0 Å². The number of rotatable bonds is 5.